The molecule has 3 heteroatoms. The summed E-state index contributed by atoms with van der Waals surface area (Å²) in [5.41, 5.74) is 7.95. The van der Waals surface area contributed by atoms with Crippen LogP contribution in [-0.4, -0.2) is 37.1 Å². The summed E-state index contributed by atoms with van der Waals surface area (Å²) in [6.45, 7) is 4.69. The zero-order chi connectivity index (χ0) is 11.0. The van der Waals surface area contributed by atoms with Crippen molar-refractivity contribution in [3.05, 3.63) is 24.3 Å². The average molecular weight is 217 g/mol. The topological polar surface area (TPSA) is 32.5 Å². The predicted molar refractivity (Wildman–Crippen MR) is 67.7 cm³/mol. The normalized spacial score (nSPS) is 22.4. The highest BCUT2D eigenvalue weighted by Crippen LogP contribution is 2.28. The number of rotatable bonds is 2. The number of nitrogens with zero attached hydrogens (tertiary/aromatic N) is 2. The van der Waals surface area contributed by atoms with Crippen molar-refractivity contribution in [2.45, 2.75) is 18.9 Å². The molecule has 0 amide bonds. The summed E-state index contributed by atoms with van der Waals surface area (Å²) in [5, 5.41) is 0. The summed E-state index contributed by atoms with van der Waals surface area (Å²) < 4.78 is 0. The minimum absolute atomic E-state index is 0.863. The van der Waals surface area contributed by atoms with Gasteiger partial charge in [-0.1, -0.05) is 6.07 Å². The number of hydrogen-bond donors (Lipinski definition) is 1. The van der Waals surface area contributed by atoms with Gasteiger partial charge >= 0.3 is 0 Å². The first-order valence-electron chi connectivity index (χ1n) is 6.17. The number of piperazine rings is 1. The standard InChI is InChI=1S/C13H19N3/c14-11-2-1-3-13(10-11)16-8-6-15(7-9-16)12-4-5-12/h1-3,10,12H,4-9,14H2. The first kappa shape index (κ1) is 9.97. The van der Waals surface area contributed by atoms with Gasteiger partial charge in [-0.25, -0.2) is 0 Å². The fourth-order valence-electron chi connectivity index (χ4n) is 2.51. The van der Waals surface area contributed by atoms with E-state index >= 15 is 0 Å². The van der Waals surface area contributed by atoms with Crippen molar-refractivity contribution < 1.29 is 0 Å². The molecule has 0 radical (unpaired) electrons. The second-order valence-corrected chi connectivity index (χ2v) is 4.85. The molecule has 1 saturated heterocycles. The van der Waals surface area contributed by atoms with Gasteiger partial charge in [-0.3, -0.25) is 4.90 Å². The minimum Gasteiger partial charge on any atom is -0.399 e. The lowest BCUT2D eigenvalue weighted by Crippen LogP contribution is -2.47. The van der Waals surface area contributed by atoms with Crippen LogP contribution < -0.4 is 10.6 Å². The van der Waals surface area contributed by atoms with Gasteiger partial charge in [0.2, 0.25) is 0 Å². The van der Waals surface area contributed by atoms with E-state index < -0.39 is 0 Å². The molecule has 16 heavy (non-hydrogen) atoms. The van der Waals surface area contributed by atoms with Gasteiger partial charge in [-0.15, -0.1) is 0 Å². The van der Waals surface area contributed by atoms with Gasteiger partial charge in [-0.2, -0.15) is 0 Å². The van der Waals surface area contributed by atoms with E-state index in [0.29, 0.717) is 0 Å². The van der Waals surface area contributed by atoms with Crippen LogP contribution >= 0.6 is 0 Å². The number of nitrogen functional groups attached to an aromatic ring is 1. The van der Waals surface area contributed by atoms with Gasteiger partial charge in [0.05, 0.1) is 0 Å². The van der Waals surface area contributed by atoms with Crippen molar-refractivity contribution in [2.75, 3.05) is 36.8 Å². The SMILES string of the molecule is Nc1cccc(N2CCN(C3CC3)CC2)c1. The van der Waals surface area contributed by atoms with Crippen LogP contribution in [0, 0.1) is 0 Å². The third kappa shape index (κ3) is 2.00. The van der Waals surface area contributed by atoms with E-state index in [0.717, 1.165) is 24.8 Å². The lowest BCUT2D eigenvalue weighted by Gasteiger charge is -2.36. The lowest BCUT2D eigenvalue weighted by atomic mass is 10.2. The molecule has 2 aliphatic rings. The van der Waals surface area contributed by atoms with Crippen LogP contribution in [0.15, 0.2) is 24.3 Å². The molecule has 86 valence electrons. The molecular formula is C13H19N3. The molecule has 2 N–H and O–H groups in total. The molecule has 1 saturated carbocycles. The van der Waals surface area contributed by atoms with Gasteiger partial charge in [0.15, 0.2) is 0 Å². The van der Waals surface area contributed by atoms with Crippen LogP contribution in [0.2, 0.25) is 0 Å². The van der Waals surface area contributed by atoms with E-state index in [4.69, 9.17) is 5.73 Å². The van der Waals surface area contributed by atoms with Crippen LogP contribution in [-0.2, 0) is 0 Å². The smallest absolute Gasteiger partial charge is 0.0387 e. The highest BCUT2D eigenvalue weighted by Gasteiger charge is 2.31. The molecule has 2 fully saturated rings. The van der Waals surface area contributed by atoms with Gasteiger partial charge in [0.25, 0.3) is 0 Å². The zero-order valence-corrected chi connectivity index (χ0v) is 9.60. The highest BCUT2D eigenvalue weighted by molar-refractivity contribution is 5.56. The predicted octanol–water partition coefficient (Wildman–Crippen LogP) is 1.55. The Bertz CT molecular complexity index is 365. The number of benzene rings is 1. The van der Waals surface area contributed by atoms with Gasteiger partial charge in [-0.05, 0) is 31.0 Å². The van der Waals surface area contributed by atoms with E-state index in [-0.39, 0.29) is 0 Å². The van der Waals surface area contributed by atoms with Crippen molar-refractivity contribution >= 4 is 11.4 Å². The molecule has 1 heterocycles. The van der Waals surface area contributed by atoms with Crippen molar-refractivity contribution in [3.8, 4) is 0 Å². The maximum Gasteiger partial charge on any atom is 0.0387 e. The van der Waals surface area contributed by atoms with Gasteiger partial charge in [0.1, 0.15) is 0 Å². The second-order valence-electron chi connectivity index (χ2n) is 4.85. The highest BCUT2D eigenvalue weighted by atomic mass is 15.3. The largest absolute Gasteiger partial charge is 0.399 e. The molecule has 1 aromatic carbocycles. The fourth-order valence-corrected chi connectivity index (χ4v) is 2.51. The molecule has 1 aromatic rings. The van der Waals surface area contributed by atoms with Gasteiger partial charge in [0, 0.05) is 43.6 Å². The first-order chi connectivity index (χ1) is 7.83. The maximum atomic E-state index is 5.81. The van der Waals surface area contributed by atoms with E-state index in [1.54, 1.807) is 0 Å². The number of nitrogens with two attached hydrogens (primary N) is 1. The van der Waals surface area contributed by atoms with Crippen LogP contribution in [0.3, 0.4) is 0 Å². The summed E-state index contributed by atoms with van der Waals surface area (Å²) >= 11 is 0. The molecule has 0 spiro atoms. The molecule has 0 bridgehead atoms. The lowest BCUT2D eigenvalue weighted by molar-refractivity contribution is 0.248. The minimum atomic E-state index is 0.863. The number of hydrogen-bond acceptors (Lipinski definition) is 3. The van der Waals surface area contributed by atoms with Crippen LogP contribution in [0.4, 0.5) is 11.4 Å². The van der Waals surface area contributed by atoms with E-state index in [9.17, 15) is 0 Å². The summed E-state index contributed by atoms with van der Waals surface area (Å²) in [6.07, 6.45) is 2.83. The zero-order valence-electron chi connectivity index (χ0n) is 9.60. The van der Waals surface area contributed by atoms with Crippen molar-refractivity contribution in [1.82, 2.24) is 4.90 Å². The van der Waals surface area contributed by atoms with E-state index in [2.05, 4.69) is 21.9 Å². The number of anilines is 2. The van der Waals surface area contributed by atoms with Crippen molar-refractivity contribution in [2.24, 2.45) is 0 Å². The molecule has 0 atom stereocenters. The fraction of sp³-hybridized carbons (Fsp3) is 0.538. The second kappa shape index (κ2) is 3.98. The Labute approximate surface area is 96.8 Å². The third-order valence-corrected chi connectivity index (χ3v) is 3.61. The Morgan fingerprint density at radius 3 is 2.44 bits per heavy atom. The quantitative estimate of drug-likeness (QED) is 0.763. The molecule has 0 aromatic heterocycles. The van der Waals surface area contributed by atoms with E-state index in [1.807, 2.05) is 12.1 Å². The Morgan fingerprint density at radius 1 is 1.06 bits per heavy atom. The Morgan fingerprint density at radius 2 is 1.81 bits per heavy atom. The Kier molecular flexibility index (Phi) is 2.48. The summed E-state index contributed by atoms with van der Waals surface area (Å²) in [5.74, 6) is 0. The van der Waals surface area contributed by atoms with Gasteiger partial charge < -0.3 is 10.6 Å². The van der Waals surface area contributed by atoms with E-state index in [1.165, 1.54) is 31.6 Å². The summed E-state index contributed by atoms with van der Waals surface area (Å²) in [6, 6.07) is 9.13. The molecule has 0 unspecified atom stereocenters. The molecular weight excluding hydrogens is 198 g/mol. The van der Waals surface area contributed by atoms with Crippen molar-refractivity contribution in [1.29, 1.82) is 0 Å². The molecule has 1 aliphatic carbocycles. The van der Waals surface area contributed by atoms with Crippen LogP contribution in [0.5, 0.6) is 0 Å². The Hall–Kier alpha value is -1.22. The van der Waals surface area contributed by atoms with Crippen molar-refractivity contribution in [3.63, 3.8) is 0 Å². The Balaban J connectivity index is 1.64. The molecule has 3 nitrogen and oxygen atoms in total. The molecule has 3 rings (SSSR count). The summed E-state index contributed by atoms with van der Waals surface area (Å²) in [7, 11) is 0. The van der Waals surface area contributed by atoms with Crippen LogP contribution in [0.25, 0.3) is 0 Å². The summed E-state index contributed by atoms with van der Waals surface area (Å²) in [4.78, 5) is 5.07. The third-order valence-electron chi connectivity index (χ3n) is 3.61. The average Bonchev–Trinajstić information content (AvgIpc) is 3.13. The first-order valence-corrected chi connectivity index (χ1v) is 6.17. The van der Waals surface area contributed by atoms with Crippen LogP contribution in [0.1, 0.15) is 12.8 Å². The molecule has 1 aliphatic heterocycles. The maximum absolute atomic E-state index is 5.81. The monoisotopic (exact) mass is 217 g/mol.